The van der Waals surface area contributed by atoms with Crippen LogP contribution in [0.4, 0.5) is 0 Å². The quantitative estimate of drug-likeness (QED) is 0.872. The highest BCUT2D eigenvalue weighted by Gasteiger charge is 2.06. The van der Waals surface area contributed by atoms with Crippen LogP contribution in [-0.4, -0.2) is 11.2 Å². The van der Waals surface area contributed by atoms with E-state index < -0.39 is 6.10 Å². The second kappa shape index (κ2) is 6.22. The Morgan fingerprint density at radius 2 is 1.67 bits per heavy atom. The highest BCUT2D eigenvalue weighted by Crippen LogP contribution is 2.20. The highest BCUT2D eigenvalue weighted by atomic mass is 16.5. The van der Waals surface area contributed by atoms with Crippen LogP contribution in [-0.2, 0) is 13.0 Å². The highest BCUT2D eigenvalue weighted by molar-refractivity contribution is 5.34. The van der Waals surface area contributed by atoms with Crippen molar-refractivity contribution in [1.29, 1.82) is 0 Å². The summed E-state index contributed by atoms with van der Waals surface area (Å²) in [7, 11) is 0. The van der Waals surface area contributed by atoms with Gasteiger partial charge in [0.2, 0.25) is 0 Å². The van der Waals surface area contributed by atoms with Crippen LogP contribution in [0.25, 0.3) is 0 Å². The maximum absolute atomic E-state index is 9.35. The number of benzene rings is 2. The van der Waals surface area contributed by atoms with Crippen LogP contribution in [0.15, 0.2) is 54.6 Å². The SMILES string of the molecule is [CH2]C(O)Cc1ccccc1OCc1ccccc1. The molecule has 93 valence electrons. The molecular weight excluding hydrogens is 224 g/mol. The van der Waals surface area contributed by atoms with E-state index in [0.717, 1.165) is 16.9 Å². The largest absolute Gasteiger partial charge is 0.489 e. The number of ether oxygens (including phenoxy) is 1. The van der Waals surface area contributed by atoms with Crippen molar-refractivity contribution >= 4 is 0 Å². The van der Waals surface area contributed by atoms with Crippen molar-refractivity contribution in [3.8, 4) is 5.75 Å². The molecule has 0 fully saturated rings. The molecule has 2 rings (SSSR count). The minimum absolute atomic E-state index is 0.505. The van der Waals surface area contributed by atoms with Crippen molar-refractivity contribution in [2.24, 2.45) is 0 Å². The Labute approximate surface area is 108 Å². The molecule has 0 aliphatic heterocycles. The molecule has 0 saturated carbocycles. The lowest BCUT2D eigenvalue weighted by atomic mass is 10.1. The van der Waals surface area contributed by atoms with E-state index in [1.807, 2.05) is 54.6 Å². The summed E-state index contributed by atoms with van der Waals surface area (Å²) in [5.41, 5.74) is 2.11. The first-order valence-corrected chi connectivity index (χ1v) is 6.01. The van der Waals surface area contributed by atoms with Gasteiger partial charge in [-0.3, -0.25) is 0 Å². The van der Waals surface area contributed by atoms with Crippen molar-refractivity contribution in [3.05, 3.63) is 72.6 Å². The summed E-state index contributed by atoms with van der Waals surface area (Å²) in [6.07, 6.45) is -0.100. The van der Waals surface area contributed by atoms with Gasteiger partial charge in [0.05, 0.1) is 6.10 Å². The van der Waals surface area contributed by atoms with E-state index in [-0.39, 0.29) is 0 Å². The molecule has 2 aromatic carbocycles. The van der Waals surface area contributed by atoms with Crippen LogP contribution in [0.5, 0.6) is 5.75 Å². The van der Waals surface area contributed by atoms with E-state index >= 15 is 0 Å². The third kappa shape index (κ3) is 3.60. The number of rotatable bonds is 5. The molecule has 1 unspecified atom stereocenters. The van der Waals surface area contributed by atoms with Gasteiger partial charge in [0, 0.05) is 6.42 Å². The zero-order chi connectivity index (χ0) is 12.8. The lowest BCUT2D eigenvalue weighted by Gasteiger charge is -2.12. The summed E-state index contributed by atoms with van der Waals surface area (Å²) < 4.78 is 5.79. The molecule has 1 radical (unpaired) electrons. The number of hydrogen-bond acceptors (Lipinski definition) is 2. The van der Waals surface area contributed by atoms with E-state index in [1.165, 1.54) is 0 Å². The lowest BCUT2D eigenvalue weighted by Crippen LogP contribution is -2.07. The van der Waals surface area contributed by atoms with Crippen molar-refractivity contribution in [3.63, 3.8) is 0 Å². The Bertz CT molecular complexity index is 477. The van der Waals surface area contributed by atoms with Crippen molar-refractivity contribution in [1.82, 2.24) is 0 Å². The van der Waals surface area contributed by atoms with Crippen molar-refractivity contribution < 1.29 is 9.84 Å². The zero-order valence-corrected chi connectivity index (χ0v) is 10.3. The third-order valence-corrected chi connectivity index (χ3v) is 2.67. The van der Waals surface area contributed by atoms with Gasteiger partial charge in [-0.05, 0) is 24.1 Å². The van der Waals surface area contributed by atoms with Crippen molar-refractivity contribution in [2.45, 2.75) is 19.1 Å². The Morgan fingerprint density at radius 3 is 2.39 bits per heavy atom. The molecule has 0 spiro atoms. The minimum Gasteiger partial charge on any atom is -0.489 e. The minimum atomic E-state index is -0.605. The molecule has 2 aromatic rings. The second-order valence-corrected chi connectivity index (χ2v) is 4.24. The molecule has 1 atom stereocenters. The van der Waals surface area contributed by atoms with Gasteiger partial charge in [-0.15, -0.1) is 0 Å². The molecule has 0 aliphatic carbocycles. The number of hydrogen-bond donors (Lipinski definition) is 1. The zero-order valence-electron chi connectivity index (χ0n) is 10.3. The average molecular weight is 241 g/mol. The summed E-state index contributed by atoms with van der Waals surface area (Å²) in [4.78, 5) is 0. The molecule has 0 aliphatic rings. The molecule has 0 aromatic heterocycles. The summed E-state index contributed by atoms with van der Waals surface area (Å²) >= 11 is 0. The van der Waals surface area contributed by atoms with E-state index in [4.69, 9.17) is 4.74 Å². The summed E-state index contributed by atoms with van der Waals surface area (Å²) in [5, 5.41) is 9.35. The standard InChI is InChI=1S/C16H17O2/c1-13(17)11-15-9-5-6-10-16(15)18-12-14-7-3-2-4-8-14/h2-10,13,17H,1,11-12H2. The van der Waals surface area contributed by atoms with Crippen LogP contribution < -0.4 is 4.74 Å². The van der Waals surface area contributed by atoms with Crippen LogP contribution >= 0.6 is 0 Å². The van der Waals surface area contributed by atoms with Gasteiger partial charge < -0.3 is 9.84 Å². The van der Waals surface area contributed by atoms with Crippen molar-refractivity contribution in [2.75, 3.05) is 0 Å². The van der Waals surface area contributed by atoms with Gasteiger partial charge in [-0.1, -0.05) is 48.5 Å². The first-order valence-electron chi connectivity index (χ1n) is 6.01. The summed E-state index contributed by atoms with van der Waals surface area (Å²) in [5.74, 6) is 0.809. The molecule has 0 heterocycles. The summed E-state index contributed by atoms with van der Waals surface area (Å²) in [6, 6.07) is 17.8. The second-order valence-electron chi connectivity index (χ2n) is 4.24. The molecule has 0 amide bonds. The molecule has 1 N–H and O–H groups in total. The fourth-order valence-electron chi connectivity index (χ4n) is 1.80. The maximum Gasteiger partial charge on any atom is 0.123 e. The Balaban J connectivity index is 2.05. The summed E-state index contributed by atoms with van der Waals surface area (Å²) in [6.45, 7) is 4.13. The first-order chi connectivity index (χ1) is 8.75. The van der Waals surface area contributed by atoms with Gasteiger partial charge in [0.25, 0.3) is 0 Å². The van der Waals surface area contributed by atoms with Gasteiger partial charge in [0.15, 0.2) is 0 Å². The topological polar surface area (TPSA) is 29.5 Å². The number of para-hydroxylation sites is 1. The van der Waals surface area contributed by atoms with Crippen LogP contribution in [0.1, 0.15) is 11.1 Å². The number of aliphatic hydroxyl groups excluding tert-OH is 1. The molecule has 0 saturated heterocycles. The van der Waals surface area contributed by atoms with E-state index in [9.17, 15) is 5.11 Å². The maximum atomic E-state index is 9.35. The van der Waals surface area contributed by atoms with E-state index in [2.05, 4.69) is 6.92 Å². The molecule has 2 heteroatoms. The Morgan fingerprint density at radius 1 is 1.00 bits per heavy atom. The molecule has 0 bridgehead atoms. The average Bonchev–Trinajstić information content (AvgIpc) is 2.38. The van der Waals surface area contributed by atoms with Gasteiger partial charge in [-0.2, -0.15) is 0 Å². The third-order valence-electron chi connectivity index (χ3n) is 2.67. The van der Waals surface area contributed by atoms with Gasteiger partial charge in [-0.25, -0.2) is 0 Å². The lowest BCUT2D eigenvalue weighted by molar-refractivity contribution is 0.218. The van der Waals surface area contributed by atoms with E-state index in [1.54, 1.807) is 0 Å². The predicted octanol–water partition coefficient (Wildman–Crippen LogP) is 3.00. The number of aliphatic hydroxyl groups is 1. The van der Waals surface area contributed by atoms with Gasteiger partial charge >= 0.3 is 0 Å². The first kappa shape index (κ1) is 12.7. The molecular formula is C16H17O2. The van der Waals surface area contributed by atoms with E-state index in [0.29, 0.717) is 13.0 Å². The smallest absolute Gasteiger partial charge is 0.123 e. The van der Waals surface area contributed by atoms with Gasteiger partial charge in [0.1, 0.15) is 12.4 Å². The fraction of sp³-hybridized carbons (Fsp3) is 0.188. The fourth-order valence-corrected chi connectivity index (χ4v) is 1.80. The van der Waals surface area contributed by atoms with Crippen LogP contribution in [0, 0.1) is 6.92 Å². The van der Waals surface area contributed by atoms with Crippen LogP contribution in [0.2, 0.25) is 0 Å². The normalized spacial score (nSPS) is 12.1. The Kier molecular flexibility index (Phi) is 4.37. The molecule has 2 nitrogen and oxygen atoms in total. The predicted molar refractivity (Wildman–Crippen MR) is 72.3 cm³/mol. The molecule has 18 heavy (non-hydrogen) atoms. The van der Waals surface area contributed by atoms with Crippen LogP contribution in [0.3, 0.4) is 0 Å². The monoisotopic (exact) mass is 241 g/mol. The Hall–Kier alpha value is -1.80.